The van der Waals surface area contributed by atoms with Crippen LogP contribution in [0.25, 0.3) is 0 Å². The van der Waals surface area contributed by atoms with E-state index in [1.165, 1.54) is 13.8 Å². The maximum atomic E-state index is 10.8. The first-order chi connectivity index (χ1) is 6.36. The molecule has 0 spiro atoms. The molecular weight excluding hydrogens is 227 g/mol. The van der Waals surface area contributed by atoms with Crippen molar-refractivity contribution >= 4 is 35.4 Å². The molecule has 0 aromatic carbocycles. The third kappa shape index (κ3) is 4.67. The number of rotatable bonds is 4. The number of nitrogens with zero attached hydrogens (tertiary/aromatic N) is 2. The molecule has 4 nitrogen and oxygen atoms in total. The van der Waals surface area contributed by atoms with Gasteiger partial charge in [0.05, 0.1) is 0 Å². The third-order valence-electron chi connectivity index (χ3n) is 1.77. The van der Waals surface area contributed by atoms with Gasteiger partial charge in [0.15, 0.2) is 0 Å². The molecule has 14 heavy (non-hydrogen) atoms. The van der Waals surface area contributed by atoms with Crippen LogP contribution in [-0.4, -0.2) is 33.2 Å². The molecule has 6 heteroatoms. The van der Waals surface area contributed by atoms with Gasteiger partial charge >= 0.3 is 0 Å². The Kier molecular flexibility index (Phi) is 5.88. The smallest absolute Gasteiger partial charge is 0.234 e. The first kappa shape index (κ1) is 13.5. The molecule has 82 valence electrons. The van der Waals surface area contributed by atoms with Crippen molar-refractivity contribution in [3.8, 4) is 0 Å². The summed E-state index contributed by atoms with van der Waals surface area (Å²) < 4.78 is 2.17. The van der Waals surface area contributed by atoms with Gasteiger partial charge in [-0.15, -0.1) is 0 Å². The van der Waals surface area contributed by atoms with Crippen molar-refractivity contribution in [3.63, 3.8) is 0 Å². The van der Waals surface area contributed by atoms with Crippen molar-refractivity contribution in [3.05, 3.63) is 0 Å². The fourth-order valence-electron chi connectivity index (χ4n) is 0.881. The Hall–Kier alpha value is -0.480. The van der Waals surface area contributed by atoms with E-state index in [0.717, 1.165) is 8.84 Å². The third-order valence-corrected chi connectivity index (χ3v) is 2.75. The normalized spacial score (nSPS) is 12.1. The molecule has 0 rings (SSSR count). The van der Waals surface area contributed by atoms with Crippen LogP contribution in [0.15, 0.2) is 0 Å². The molecule has 0 saturated carbocycles. The van der Waals surface area contributed by atoms with E-state index >= 15 is 0 Å². The summed E-state index contributed by atoms with van der Waals surface area (Å²) in [5.41, 5.74) is 0. The lowest BCUT2D eigenvalue weighted by molar-refractivity contribution is -0.125. The molecule has 0 aliphatic rings. The predicted molar refractivity (Wildman–Crippen MR) is 55.7 cm³/mol. The van der Waals surface area contributed by atoms with Crippen molar-refractivity contribution < 1.29 is 9.59 Å². The minimum Gasteiger partial charge on any atom is -0.274 e. The molecule has 0 aliphatic carbocycles. The molecule has 0 bridgehead atoms. The fourth-order valence-corrected chi connectivity index (χ4v) is 1.08. The highest BCUT2D eigenvalue weighted by Crippen LogP contribution is 2.09. The van der Waals surface area contributed by atoms with Gasteiger partial charge in [0, 0.05) is 50.0 Å². The Bertz CT molecular complexity index is 223. The summed E-state index contributed by atoms with van der Waals surface area (Å²) in [5, 5.41) is 0. The van der Waals surface area contributed by atoms with Gasteiger partial charge in [-0.3, -0.25) is 18.4 Å². The first-order valence-electron chi connectivity index (χ1n) is 4.25. The van der Waals surface area contributed by atoms with Gasteiger partial charge in [0.1, 0.15) is 0 Å². The molecule has 0 aromatic heterocycles. The van der Waals surface area contributed by atoms with Crippen LogP contribution in [0.4, 0.5) is 0 Å². The molecular formula is C8H14Cl2N2O2. The molecule has 0 aromatic rings. The Morgan fingerprint density at radius 2 is 1.71 bits per heavy atom. The second kappa shape index (κ2) is 6.09. The van der Waals surface area contributed by atoms with E-state index in [-0.39, 0.29) is 17.9 Å². The van der Waals surface area contributed by atoms with Crippen LogP contribution in [-0.2, 0) is 9.59 Å². The summed E-state index contributed by atoms with van der Waals surface area (Å²) in [4.78, 5) is 21.6. The molecule has 1 atom stereocenters. The summed E-state index contributed by atoms with van der Waals surface area (Å²) in [6, 6.07) is -0.144. The molecule has 0 aliphatic heterocycles. The monoisotopic (exact) mass is 240 g/mol. The van der Waals surface area contributed by atoms with Gasteiger partial charge in [-0.1, -0.05) is 0 Å². The largest absolute Gasteiger partial charge is 0.274 e. The highest BCUT2D eigenvalue weighted by molar-refractivity contribution is 6.21. The van der Waals surface area contributed by atoms with Gasteiger partial charge in [0.25, 0.3) is 0 Å². The molecule has 0 radical (unpaired) electrons. The SMILES string of the molecule is CC(=O)N(Cl)CCC(C)N(Cl)C(C)=O. The number of amides is 2. The van der Waals surface area contributed by atoms with E-state index in [0.29, 0.717) is 13.0 Å². The highest BCUT2D eigenvalue weighted by Gasteiger charge is 2.15. The molecule has 0 heterocycles. The molecule has 0 fully saturated rings. The van der Waals surface area contributed by atoms with Crippen molar-refractivity contribution in [2.75, 3.05) is 6.54 Å². The van der Waals surface area contributed by atoms with Crippen LogP contribution in [0.3, 0.4) is 0 Å². The average Bonchev–Trinajstić information content (AvgIpc) is 2.11. The van der Waals surface area contributed by atoms with Gasteiger partial charge in [-0.25, -0.2) is 0 Å². The molecule has 0 saturated heterocycles. The Balaban J connectivity index is 3.90. The maximum Gasteiger partial charge on any atom is 0.234 e. The number of carbonyl (C=O) groups is 2. The highest BCUT2D eigenvalue weighted by atomic mass is 35.5. The zero-order valence-electron chi connectivity index (χ0n) is 8.46. The second-order valence-electron chi connectivity index (χ2n) is 3.07. The molecule has 0 N–H and O–H groups in total. The second-order valence-corrected chi connectivity index (χ2v) is 3.84. The van der Waals surface area contributed by atoms with Crippen LogP contribution < -0.4 is 0 Å². The summed E-state index contributed by atoms with van der Waals surface area (Å²) >= 11 is 11.2. The van der Waals surface area contributed by atoms with E-state index < -0.39 is 0 Å². The summed E-state index contributed by atoms with van der Waals surface area (Å²) in [6.07, 6.45) is 0.548. The van der Waals surface area contributed by atoms with Crippen LogP contribution in [0.2, 0.25) is 0 Å². The number of halogens is 2. The van der Waals surface area contributed by atoms with E-state index in [2.05, 4.69) is 0 Å². The van der Waals surface area contributed by atoms with Crippen LogP contribution >= 0.6 is 23.6 Å². The fraction of sp³-hybridized carbons (Fsp3) is 0.750. The Labute approximate surface area is 94.0 Å². The van der Waals surface area contributed by atoms with E-state index in [1.807, 2.05) is 0 Å². The summed E-state index contributed by atoms with van der Waals surface area (Å²) in [7, 11) is 0. The Morgan fingerprint density at radius 1 is 1.21 bits per heavy atom. The van der Waals surface area contributed by atoms with Crippen LogP contribution in [0.5, 0.6) is 0 Å². The van der Waals surface area contributed by atoms with Gasteiger partial charge in [-0.05, 0) is 13.3 Å². The number of hydrogen-bond acceptors (Lipinski definition) is 2. The molecule has 2 amide bonds. The summed E-state index contributed by atoms with van der Waals surface area (Å²) in [6.45, 7) is 4.92. The van der Waals surface area contributed by atoms with Gasteiger partial charge < -0.3 is 0 Å². The average molecular weight is 241 g/mol. The standard InChI is InChI=1S/C8H14Cl2N2O2/c1-6(12(10)8(3)14)4-5-11(9)7(2)13/h6H,4-5H2,1-3H3. The van der Waals surface area contributed by atoms with Crippen molar-refractivity contribution in [1.82, 2.24) is 8.84 Å². The van der Waals surface area contributed by atoms with E-state index in [1.54, 1.807) is 6.92 Å². The van der Waals surface area contributed by atoms with E-state index in [9.17, 15) is 9.59 Å². The number of carbonyl (C=O) groups excluding carboxylic acids is 2. The molecule has 1 unspecified atom stereocenters. The quantitative estimate of drug-likeness (QED) is 0.704. The van der Waals surface area contributed by atoms with Crippen molar-refractivity contribution in [2.45, 2.75) is 33.2 Å². The van der Waals surface area contributed by atoms with Crippen molar-refractivity contribution in [1.29, 1.82) is 0 Å². The van der Waals surface area contributed by atoms with E-state index in [4.69, 9.17) is 23.6 Å². The van der Waals surface area contributed by atoms with Crippen molar-refractivity contribution in [2.24, 2.45) is 0 Å². The lowest BCUT2D eigenvalue weighted by atomic mass is 10.2. The predicted octanol–water partition coefficient (Wildman–Crippen LogP) is 1.77. The summed E-state index contributed by atoms with van der Waals surface area (Å²) in [5.74, 6) is -0.439. The lowest BCUT2D eigenvalue weighted by Gasteiger charge is -2.21. The maximum absolute atomic E-state index is 10.8. The van der Waals surface area contributed by atoms with Crippen LogP contribution in [0.1, 0.15) is 27.2 Å². The zero-order chi connectivity index (χ0) is 11.3. The minimum atomic E-state index is -0.220. The lowest BCUT2D eigenvalue weighted by Crippen LogP contribution is -2.32. The first-order valence-corrected chi connectivity index (χ1v) is 4.93. The Morgan fingerprint density at radius 3 is 2.07 bits per heavy atom. The number of hydrogen-bond donors (Lipinski definition) is 0. The zero-order valence-corrected chi connectivity index (χ0v) is 9.97. The van der Waals surface area contributed by atoms with Gasteiger partial charge in [-0.2, -0.15) is 0 Å². The minimum absolute atomic E-state index is 0.144. The van der Waals surface area contributed by atoms with Gasteiger partial charge in [0.2, 0.25) is 11.8 Å². The van der Waals surface area contributed by atoms with Crippen LogP contribution in [0, 0.1) is 0 Å². The topological polar surface area (TPSA) is 40.6 Å².